The van der Waals surface area contributed by atoms with Crippen LogP contribution in [-0.2, 0) is 6.61 Å². The Kier molecular flexibility index (Phi) is 2.99. The van der Waals surface area contributed by atoms with E-state index in [-0.39, 0.29) is 12.4 Å². The lowest BCUT2D eigenvalue weighted by Gasteiger charge is -2.07. The van der Waals surface area contributed by atoms with Crippen LogP contribution in [0, 0.1) is 5.95 Å². The van der Waals surface area contributed by atoms with Crippen LogP contribution in [0.15, 0.2) is 10.7 Å². The molecule has 0 fully saturated rings. The third-order valence-electron chi connectivity index (χ3n) is 1.40. The van der Waals surface area contributed by atoms with E-state index in [9.17, 15) is 4.39 Å². The maximum Gasteiger partial charge on any atom is 0.255 e. The second kappa shape index (κ2) is 3.82. The first-order valence-corrected chi connectivity index (χ1v) is 3.97. The second-order valence-corrected chi connectivity index (χ2v) is 2.92. The van der Waals surface area contributed by atoms with Gasteiger partial charge < -0.3 is 9.84 Å². The number of ether oxygens (including phenoxy) is 1. The third-order valence-corrected chi connectivity index (χ3v) is 2.09. The van der Waals surface area contributed by atoms with Crippen LogP contribution in [0.3, 0.4) is 0 Å². The Morgan fingerprint density at radius 3 is 2.83 bits per heavy atom. The van der Waals surface area contributed by atoms with Gasteiger partial charge in [-0.1, -0.05) is 0 Å². The zero-order valence-electron chi connectivity index (χ0n) is 6.34. The number of aliphatic hydroxyl groups is 1. The van der Waals surface area contributed by atoms with E-state index in [0.29, 0.717) is 10.0 Å². The van der Waals surface area contributed by atoms with Crippen LogP contribution in [-0.4, -0.2) is 17.2 Å². The van der Waals surface area contributed by atoms with Crippen molar-refractivity contribution in [1.82, 2.24) is 4.98 Å². The zero-order valence-corrected chi connectivity index (χ0v) is 7.93. The van der Waals surface area contributed by atoms with Crippen molar-refractivity contribution in [2.24, 2.45) is 0 Å². The van der Waals surface area contributed by atoms with E-state index in [4.69, 9.17) is 9.84 Å². The molecule has 0 bridgehead atoms. The molecule has 1 aromatic heterocycles. The maximum absolute atomic E-state index is 12.8. The molecule has 5 heteroatoms. The number of aromatic nitrogens is 1. The fourth-order valence-corrected chi connectivity index (χ4v) is 1.25. The first kappa shape index (κ1) is 9.41. The predicted octanol–water partition coefficient (Wildman–Crippen LogP) is 1.48. The molecule has 1 heterocycles. The lowest BCUT2D eigenvalue weighted by Crippen LogP contribution is -1.98. The molecule has 0 aromatic carbocycles. The van der Waals surface area contributed by atoms with Gasteiger partial charge >= 0.3 is 0 Å². The highest BCUT2D eigenvalue weighted by Gasteiger charge is 2.12. The first-order chi connectivity index (χ1) is 5.70. The molecular weight excluding hydrogens is 229 g/mol. The molecule has 0 aliphatic carbocycles. The van der Waals surface area contributed by atoms with Crippen molar-refractivity contribution < 1.29 is 14.2 Å². The number of hydrogen-bond acceptors (Lipinski definition) is 3. The minimum Gasteiger partial charge on any atom is -0.492 e. The average molecular weight is 236 g/mol. The number of aliphatic hydroxyl groups excluding tert-OH is 1. The van der Waals surface area contributed by atoms with E-state index in [1.54, 1.807) is 0 Å². The molecule has 12 heavy (non-hydrogen) atoms. The molecule has 1 N–H and O–H groups in total. The van der Waals surface area contributed by atoms with Crippen LogP contribution >= 0.6 is 15.9 Å². The lowest BCUT2D eigenvalue weighted by atomic mass is 10.2. The molecule has 1 rings (SSSR count). The standard InChI is InChI=1S/C7H7BrFNO2/c1-12-6-4(3-11)5(8)2-10-7(6)9/h2,11H,3H2,1H3. The summed E-state index contributed by atoms with van der Waals surface area (Å²) in [6.07, 6.45) is 1.28. The Morgan fingerprint density at radius 1 is 1.75 bits per heavy atom. The molecule has 66 valence electrons. The summed E-state index contributed by atoms with van der Waals surface area (Å²) in [5, 5.41) is 8.85. The summed E-state index contributed by atoms with van der Waals surface area (Å²) in [6.45, 7) is -0.288. The van der Waals surface area contributed by atoms with Gasteiger partial charge in [0.2, 0.25) is 0 Å². The summed E-state index contributed by atoms with van der Waals surface area (Å²) < 4.78 is 18.1. The molecule has 0 spiro atoms. The maximum atomic E-state index is 12.8. The van der Waals surface area contributed by atoms with Crippen LogP contribution in [0.25, 0.3) is 0 Å². The fourth-order valence-electron chi connectivity index (χ4n) is 0.838. The fraction of sp³-hybridized carbons (Fsp3) is 0.286. The minimum absolute atomic E-state index is 0.0214. The summed E-state index contributed by atoms with van der Waals surface area (Å²) in [5.74, 6) is -0.739. The normalized spacial score (nSPS) is 10.0. The Balaban J connectivity index is 3.28. The van der Waals surface area contributed by atoms with Crippen LogP contribution in [0.4, 0.5) is 4.39 Å². The van der Waals surface area contributed by atoms with Gasteiger partial charge in [-0.2, -0.15) is 4.39 Å². The van der Waals surface area contributed by atoms with E-state index in [1.807, 2.05) is 0 Å². The number of nitrogens with zero attached hydrogens (tertiary/aromatic N) is 1. The molecular formula is C7H7BrFNO2. The summed E-state index contributed by atoms with van der Waals surface area (Å²) >= 11 is 3.11. The third kappa shape index (κ3) is 1.56. The van der Waals surface area contributed by atoms with E-state index in [1.165, 1.54) is 13.3 Å². The van der Waals surface area contributed by atoms with Crippen molar-refractivity contribution in [1.29, 1.82) is 0 Å². The SMILES string of the molecule is COc1c(F)ncc(Br)c1CO. The number of methoxy groups -OCH3 is 1. The summed E-state index contributed by atoms with van der Waals surface area (Å²) in [7, 11) is 1.33. The van der Waals surface area contributed by atoms with Crippen LogP contribution in [0.2, 0.25) is 0 Å². The quantitative estimate of drug-likeness (QED) is 0.791. The van der Waals surface area contributed by atoms with Gasteiger partial charge in [0.15, 0.2) is 5.75 Å². The van der Waals surface area contributed by atoms with E-state index in [0.717, 1.165) is 0 Å². The van der Waals surface area contributed by atoms with Crippen molar-refractivity contribution >= 4 is 15.9 Å². The van der Waals surface area contributed by atoms with E-state index < -0.39 is 5.95 Å². The molecule has 0 aliphatic heterocycles. The molecule has 0 saturated heterocycles. The highest BCUT2D eigenvalue weighted by atomic mass is 79.9. The molecule has 3 nitrogen and oxygen atoms in total. The van der Waals surface area contributed by atoms with Crippen LogP contribution < -0.4 is 4.74 Å². The summed E-state index contributed by atoms with van der Waals surface area (Å²) in [6, 6.07) is 0. The highest BCUT2D eigenvalue weighted by molar-refractivity contribution is 9.10. The number of halogens is 2. The van der Waals surface area contributed by atoms with Gasteiger partial charge in [-0.15, -0.1) is 0 Å². The topological polar surface area (TPSA) is 42.4 Å². The lowest BCUT2D eigenvalue weighted by molar-refractivity contribution is 0.268. The Morgan fingerprint density at radius 2 is 2.42 bits per heavy atom. The molecule has 0 radical (unpaired) electrons. The van der Waals surface area contributed by atoms with Gasteiger partial charge in [-0.25, -0.2) is 4.98 Å². The molecule has 0 unspecified atom stereocenters. The highest BCUT2D eigenvalue weighted by Crippen LogP contribution is 2.27. The van der Waals surface area contributed by atoms with Crippen molar-refractivity contribution in [2.75, 3.05) is 7.11 Å². The summed E-state index contributed by atoms with van der Waals surface area (Å²) in [5.41, 5.74) is 0.366. The van der Waals surface area contributed by atoms with Gasteiger partial charge in [-0.3, -0.25) is 0 Å². The van der Waals surface area contributed by atoms with E-state index in [2.05, 4.69) is 20.9 Å². The van der Waals surface area contributed by atoms with Gasteiger partial charge in [0.25, 0.3) is 5.95 Å². The minimum atomic E-state index is -0.718. The number of pyridine rings is 1. The Labute approximate surface area is 77.3 Å². The van der Waals surface area contributed by atoms with Gasteiger partial charge in [0.05, 0.1) is 13.7 Å². The van der Waals surface area contributed by atoms with E-state index >= 15 is 0 Å². The van der Waals surface area contributed by atoms with Crippen molar-refractivity contribution in [3.8, 4) is 5.75 Å². The largest absolute Gasteiger partial charge is 0.492 e. The van der Waals surface area contributed by atoms with Crippen molar-refractivity contribution in [3.05, 3.63) is 22.2 Å². The second-order valence-electron chi connectivity index (χ2n) is 2.07. The monoisotopic (exact) mass is 235 g/mol. The smallest absolute Gasteiger partial charge is 0.255 e. The average Bonchev–Trinajstić information content (AvgIpc) is 2.08. The van der Waals surface area contributed by atoms with Crippen molar-refractivity contribution in [2.45, 2.75) is 6.61 Å². The predicted molar refractivity (Wildman–Crippen MR) is 44.4 cm³/mol. The molecule has 1 aromatic rings. The van der Waals surface area contributed by atoms with Crippen LogP contribution in [0.1, 0.15) is 5.56 Å². The number of rotatable bonds is 2. The summed E-state index contributed by atoms with van der Waals surface area (Å²) in [4.78, 5) is 3.41. The Hall–Kier alpha value is -0.680. The van der Waals surface area contributed by atoms with Crippen molar-refractivity contribution in [3.63, 3.8) is 0 Å². The molecule has 0 atom stereocenters. The molecule has 0 saturated carbocycles. The first-order valence-electron chi connectivity index (χ1n) is 3.18. The molecule has 0 aliphatic rings. The molecule has 0 amide bonds. The van der Waals surface area contributed by atoms with Gasteiger partial charge in [-0.05, 0) is 15.9 Å². The zero-order chi connectivity index (χ0) is 9.14. The van der Waals surface area contributed by atoms with Crippen LogP contribution in [0.5, 0.6) is 5.75 Å². The van der Waals surface area contributed by atoms with Gasteiger partial charge in [0, 0.05) is 16.2 Å². The van der Waals surface area contributed by atoms with Gasteiger partial charge in [0.1, 0.15) is 0 Å². The Bertz CT molecular complexity index is 264. The number of hydrogen-bond donors (Lipinski definition) is 1.